The first kappa shape index (κ1) is 16.9. The number of aliphatic hydroxyl groups is 1. The van der Waals surface area contributed by atoms with Crippen molar-refractivity contribution in [2.75, 3.05) is 13.2 Å². The minimum Gasteiger partial charge on any atom is -0.395 e. The van der Waals surface area contributed by atoms with E-state index in [2.05, 4.69) is 4.98 Å². The summed E-state index contributed by atoms with van der Waals surface area (Å²) in [6.45, 7) is 0.712. The van der Waals surface area contributed by atoms with Crippen LogP contribution in [0.2, 0.25) is 5.02 Å². The monoisotopic (exact) mass is 344 g/mol. The van der Waals surface area contributed by atoms with Crippen LogP contribution in [0, 0.1) is 0 Å². The molecule has 0 spiro atoms. The summed E-state index contributed by atoms with van der Waals surface area (Å²) in [6, 6.07) is 11.4. The van der Waals surface area contributed by atoms with Crippen LogP contribution in [0.15, 0.2) is 48.8 Å². The average Bonchev–Trinajstić information content (AvgIpc) is 2.54. The minimum atomic E-state index is -0.512. The van der Waals surface area contributed by atoms with E-state index in [1.165, 1.54) is 0 Å². The van der Waals surface area contributed by atoms with Crippen LogP contribution in [-0.2, 0) is 16.8 Å². The Morgan fingerprint density at radius 1 is 1.29 bits per heavy atom. The van der Waals surface area contributed by atoms with Crippen molar-refractivity contribution < 1.29 is 9.90 Å². The molecule has 1 fully saturated rings. The zero-order valence-electron chi connectivity index (χ0n) is 13.5. The summed E-state index contributed by atoms with van der Waals surface area (Å²) in [7, 11) is 0. The molecule has 1 aliphatic rings. The van der Waals surface area contributed by atoms with Crippen LogP contribution in [0.4, 0.5) is 0 Å². The van der Waals surface area contributed by atoms with Gasteiger partial charge in [0, 0.05) is 30.5 Å². The fraction of sp³-hybridized carbons (Fsp3) is 0.368. The van der Waals surface area contributed by atoms with E-state index in [1.807, 2.05) is 36.4 Å². The number of nitrogens with zero attached hydrogens (tertiary/aromatic N) is 2. The molecule has 1 amide bonds. The minimum absolute atomic E-state index is 0.0579. The Morgan fingerprint density at radius 2 is 2.12 bits per heavy atom. The maximum Gasteiger partial charge on any atom is 0.233 e. The number of halogens is 1. The van der Waals surface area contributed by atoms with Crippen molar-refractivity contribution in [3.8, 4) is 0 Å². The highest BCUT2D eigenvalue weighted by atomic mass is 35.5. The zero-order chi connectivity index (χ0) is 17.0. The van der Waals surface area contributed by atoms with Gasteiger partial charge in [0.15, 0.2) is 0 Å². The van der Waals surface area contributed by atoms with Crippen LogP contribution in [-0.4, -0.2) is 34.0 Å². The lowest BCUT2D eigenvalue weighted by molar-refractivity contribution is -0.142. The third-order valence-electron chi connectivity index (χ3n) is 4.75. The first-order valence-electron chi connectivity index (χ1n) is 8.21. The molecule has 4 nitrogen and oxygen atoms in total. The van der Waals surface area contributed by atoms with E-state index in [1.54, 1.807) is 17.3 Å². The molecule has 1 aliphatic carbocycles. The molecule has 1 heterocycles. The number of rotatable bonds is 6. The van der Waals surface area contributed by atoms with Crippen molar-refractivity contribution in [1.29, 1.82) is 0 Å². The molecule has 0 atom stereocenters. The first-order chi connectivity index (χ1) is 11.7. The summed E-state index contributed by atoms with van der Waals surface area (Å²) in [4.78, 5) is 19.1. The zero-order valence-corrected chi connectivity index (χ0v) is 14.2. The number of carbonyl (C=O) groups excluding carboxylic acids is 1. The molecule has 1 aromatic heterocycles. The molecule has 3 rings (SSSR count). The van der Waals surface area contributed by atoms with Gasteiger partial charge in [0.25, 0.3) is 0 Å². The number of aliphatic hydroxyl groups excluding tert-OH is 1. The highest BCUT2D eigenvalue weighted by Crippen LogP contribution is 2.45. The number of carbonyl (C=O) groups is 1. The highest BCUT2D eigenvalue weighted by Gasteiger charge is 2.47. The van der Waals surface area contributed by atoms with Crippen LogP contribution in [0.5, 0.6) is 0 Å². The van der Waals surface area contributed by atoms with Gasteiger partial charge < -0.3 is 10.0 Å². The predicted molar refractivity (Wildman–Crippen MR) is 93.7 cm³/mol. The third kappa shape index (κ3) is 3.30. The lowest BCUT2D eigenvalue weighted by Crippen LogP contribution is -2.51. The maximum absolute atomic E-state index is 13.3. The number of hydrogen-bond acceptors (Lipinski definition) is 3. The molecule has 1 aromatic carbocycles. The Labute approximate surface area is 147 Å². The van der Waals surface area contributed by atoms with E-state index >= 15 is 0 Å². The number of aromatic nitrogens is 1. The second-order valence-electron chi connectivity index (χ2n) is 6.26. The first-order valence-corrected chi connectivity index (χ1v) is 8.59. The molecular formula is C19H21ClN2O2. The van der Waals surface area contributed by atoms with E-state index in [-0.39, 0.29) is 12.5 Å². The molecule has 0 bridgehead atoms. The molecule has 126 valence electrons. The second kappa shape index (κ2) is 7.32. The molecule has 24 heavy (non-hydrogen) atoms. The van der Waals surface area contributed by atoms with Gasteiger partial charge in [-0.05, 0) is 42.2 Å². The van der Waals surface area contributed by atoms with Crippen molar-refractivity contribution in [2.24, 2.45) is 0 Å². The van der Waals surface area contributed by atoms with Gasteiger partial charge in [-0.25, -0.2) is 0 Å². The molecule has 5 heteroatoms. The van der Waals surface area contributed by atoms with Gasteiger partial charge in [-0.1, -0.05) is 36.2 Å². The Balaban J connectivity index is 1.87. The number of amides is 1. The Hall–Kier alpha value is -1.91. The summed E-state index contributed by atoms with van der Waals surface area (Å²) in [5.41, 5.74) is 1.42. The van der Waals surface area contributed by atoms with E-state index < -0.39 is 5.41 Å². The largest absolute Gasteiger partial charge is 0.395 e. The molecule has 1 saturated carbocycles. The quantitative estimate of drug-likeness (QED) is 0.875. The van der Waals surface area contributed by atoms with Crippen molar-refractivity contribution in [2.45, 2.75) is 31.2 Å². The van der Waals surface area contributed by atoms with Crippen molar-refractivity contribution >= 4 is 17.5 Å². The fourth-order valence-electron chi connectivity index (χ4n) is 3.33. The summed E-state index contributed by atoms with van der Waals surface area (Å²) in [6.07, 6.45) is 6.13. The fourth-order valence-corrected chi connectivity index (χ4v) is 3.52. The summed E-state index contributed by atoms with van der Waals surface area (Å²) in [5.74, 6) is 0.0638. The topological polar surface area (TPSA) is 53.4 Å². The predicted octanol–water partition coefficient (Wildman–Crippen LogP) is 3.18. The molecule has 0 radical (unpaired) electrons. The molecule has 2 aromatic rings. The van der Waals surface area contributed by atoms with Crippen molar-refractivity contribution in [1.82, 2.24) is 9.88 Å². The van der Waals surface area contributed by atoms with E-state index in [9.17, 15) is 9.90 Å². The molecule has 0 saturated heterocycles. The number of pyridine rings is 1. The van der Waals surface area contributed by atoms with Gasteiger partial charge in [0.05, 0.1) is 12.0 Å². The third-order valence-corrected chi connectivity index (χ3v) is 4.98. The smallest absolute Gasteiger partial charge is 0.233 e. The van der Waals surface area contributed by atoms with E-state index in [0.717, 1.165) is 30.4 Å². The standard InChI is InChI=1S/C19H21ClN2O2/c20-17-6-1-5-16(12-17)19(7-3-8-19)18(24)22(10-11-23)14-15-4-2-9-21-13-15/h1-2,4-6,9,12-13,23H,3,7-8,10-11,14H2. The van der Waals surface area contributed by atoms with Crippen LogP contribution < -0.4 is 0 Å². The highest BCUT2D eigenvalue weighted by molar-refractivity contribution is 6.30. The van der Waals surface area contributed by atoms with Gasteiger partial charge in [0.1, 0.15) is 0 Å². The Bertz CT molecular complexity index is 702. The lowest BCUT2D eigenvalue weighted by Gasteiger charge is -2.44. The van der Waals surface area contributed by atoms with Gasteiger partial charge in [-0.15, -0.1) is 0 Å². The Kier molecular flexibility index (Phi) is 5.17. The van der Waals surface area contributed by atoms with Crippen LogP contribution >= 0.6 is 11.6 Å². The van der Waals surface area contributed by atoms with E-state index in [4.69, 9.17) is 11.6 Å². The molecule has 1 N–H and O–H groups in total. The van der Waals surface area contributed by atoms with Crippen LogP contribution in [0.25, 0.3) is 0 Å². The van der Waals surface area contributed by atoms with Gasteiger partial charge in [-0.3, -0.25) is 9.78 Å². The number of hydrogen-bond donors (Lipinski definition) is 1. The number of benzene rings is 1. The summed E-state index contributed by atoms with van der Waals surface area (Å²) < 4.78 is 0. The summed E-state index contributed by atoms with van der Waals surface area (Å²) >= 11 is 6.13. The average molecular weight is 345 g/mol. The lowest BCUT2D eigenvalue weighted by atomic mass is 9.63. The van der Waals surface area contributed by atoms with Crippen molar-refractivity contribution in [3.63, 3.8) is 0 Å². The Morgan fingerprint density at radius 3 is 2.71 bits per heavy atom. The van der Waals surface area contributed by atoms with Gasteiger partial charge in [0.2, 0.25) is 5.91 Å². The van der Waals surface area contributed by atoms with Gasteiger partial charge in [-0.2, -0.15) is 0 Å². The SMILES string of the molecule is O=C(N(CCO)Cc1cccnc1)C1(c2cccc(Cl)c2)CCC1. The molecule has 0 unspecified atom stereocenters. The van der Waals surface area contributed by atoms with Crippen LogP contribution in [0.3, 0.4) is 0 Å². The maximum atomic E-state index is 13.3. The van der Waals surface area contributed by atoms with E-state index in [0.29, 0.717) is 18.1 Å². The molecule has 0 aliphatic heterocycles. The normalized spacial score (nSPS) is 15.6. The van der Waals surface area contributed by atoms with Gasteiger partial charge >= 0.3 is 0 Å². The second-order valence-corrected chi connectivity index (χ2v) is 6.69. The van der Waals surface area contributed by atoms with Crippen molar-refractivity contribution in [3.05, 3.63) is 64.9 Å². The van der Waals surface area contributed by atoms with Crippen LogP contribution in [0.1, 0.15) is 30.4 Å². The molecular weight excluding hydrogens is 324 g/mol. The summed E-state index contributed by atoms with van der Waals surface area (Å²) in [5, 5.41) is 10.0.